The molecule has 0 spiro atoms. The van der Waals surface area contributed by atoms with E-state index in [4.69, 9.17) is 0 Å². The molecular formula is C32H30F3N3O3S. The van der Waals surface area contributed by atoms with Crippen LogP contribution in [-0.2, 0) is 34.0 Å². The van der Waals surface area contributed by atoms with Crippen LogP contribution < -0.4 is 10.2 Å². The molecule has 1 saturated heterocycles. The number of piperidine rings is 1. The summed E-state index contributed by atoms with van der Waals surface area (Å²) in [6.07, 6.45) is -1.69. The summed E-state index contributed by atoms with van der Waals surface area (Å²) in [5.74, 6) is -0.675. The number of hydrogen-bond donors (Lipinski definition) is 1. The van der Waals surface area contributed by atoms with Crippen LogP contribution in [0.25, 0.3) is 10.8 Å². The van der Waals surface area contributed by atoms with Crippen LogP contribution >= 0.6 is 0 Å². The minimum Gasteiger partial charge on any atom is -0.370 e. The van der Waals surface area contributed by atoms with Crippen LogP contribution in [-0.4, -0.2) is 37.8 Å². The highest BCUT2D eigenvalue weighted by Crippen LogP contribution is 2.37. The van der Waals surface area contributed by atoms with Gasteiger partial charge in [0.05, 0.1) is 21.8 Å². The zero-order valence-electron chi connectivity index (χ0n) is 22.8. The van der Waals surface area contributed by atoms with E-state index in [1.54, 1.807) is 12.1 Å². The van der Waals surface area contributed by atoms with Crippen molar-refractivity contribution >= 4 is 38.1 Å². The molecule has 4 aromatic carbocycles. The largest absolute Gasteiger partial charge is 0.416 e. The minimum absolute atomic E-state index is 0.0265. The van der Waals surface area contributed by atoms with Crippen molar-refractivity contribution in [1.29, 1.82) is 0 Å². The molecule has 1 amide bonds. The number of amides is 1. The molecule has 0 bridgehead atoms. The number of nitrogens with one attached hydrogen (secondary N) is 1. The SMILES string of the molecule is O=C(Nc1cc(C(F)(F)F)ccc1N1CCCCC1)[C@H]1Cc2ccccc2CN1S(=O)(=O)c1ccc2ccccc2c1. The van der Waals surface area contributed by atoms with E-state index in [0.29, 0.717) is 18.8 Å². The number of anilines is 2. The second kappa shape index (κ2) is 11.1. The first-order valence-corrected chi connectivity index (χ1v) is 15.4. The Morgan fingerprint density at radius 2 is 1.50 bits per heavy atom. The van der Waals surface area contributed by atoms with Crippen molar-refractivity contribution in [2.24, 2.45) is 0 Å². The standard InChI is InChI=1S/C32H30F3N3O3S/c33-32(34,35)26-13-15-29(37-16-6-1-7-17-37)28(20-26)36-31(39)30-19-24-10-4-5-11-25(24)21-38(30)42(40,41)27-14-12-22-8-2-3-9-23(22)18-27/h2-5,8-15,18,20,30H,1,6-7,16-17,19,21H2,(H,36,39)/t30-/m1/s1. The summed E-state index contributed by atoms with van der Waals surface area (Å²) in [5.41, 5.74) is 1.24. The van der Waals surface area contributed by atoms with Gasteiger partial charge in [-0.1, -0.05) is 54.6 Å². The van der Waals surface area contributed by atoms with Gasteiger partial charge in [-0.05, 0) is 77.9 Å². The van der Waals surface area contributed by atoms with E-state index in [1.165, 1.54) is 16.4 Å². The first kappa shape index (κ1) is 28.2. The van der Waals surface area contributed by atoms with Gasteiger partial charge < -0.3 is 10.2 Å². The topological polar surface area (TPSA) is 69.7 Å². The lowest BCUT2D eigenvalue weighted by atomic mass is 9.95. The monoisotopic (exact) mass is 593 g/mol. The summed E-state index contributed by atoms with van der Waals surface area (Å²) in [7, 11) is -4.16. The van der Waals surface area contributed by atoms with Gasteiger partial charge in [-0.25, -0.2) is 8.42 Å². The van der Waals surface area contributed by atoms with E-state index in [-0.39, 0.29) is 23.5 Å². The fourth-order valence-corrected chi connectivity index (χ4v) is 7.48. The van der Waals surface area contributed by atoms with Gasteiger partial charge in [0, 0.05) is 19.6 Å². The van der Waals surface area contributed by atoms with E-state index in [1.807, 2.05) is 53.4 Å². The maximum Gasteiger partial charge on any atom is 0.416 e. The fourth-order valence-electron chi connectivity index (χ4n) is 5.88. The number of halogens is 3. The molecule has 42 heavy (non-hydrogen) atoms. The second-order valence-electron chi connectivity index (χ2n) is 10.8. The van der Waals surface area contributed by atoms with Crippen LogP contribution in [0, 0.1) is 0 Å². The van der Waals surface area contributed by atoms with Gasteiger partial charge in [-0.3, -0.25) is 4.79 Å². The Bertz CT molecular complexity index is 1750. The molecule has 4 aromatic rings. The highest BCUT2D eigenvalue weighted by molar-refractivity contribution is 7.89. The molecule has 1 fully saturated rings. The predicted octanol–water partition coefficient (Wildman–Crippen LogP) is 6.60. The molecule has 2 heterocycles. The predicted molar refractivity (Wildman–Crippen MR) is 157 cm³/mol. The average molecular weight is 594 g/mol. The Hall–Kier alpha value is -3.89. The van der Waals surface area contributed by atoms with Crippen LogP contribution in [0.1, 0.15) is 36.0 Å². The van der Waals surface area contributed by atoms with E-state index in [0.717, 1.165) is 53.3 Å². The van der Waals surface area contributed by atoms with Crippen LogP contribution in [0.2, 0.25) is 0 Å². The van der Waals surface area contributed by atoms with Crippen molar-refractivity contribution in [3.05, 3.63) is 102 Å². The van der Waals surface area contributed by atoms with Gasteiger partial charge in [0.2, 0.25) is 15.9 Å². The number of fused-ring (bicyclic) bond motifs is 2. The number of carbonyl (C=O) groups excluding carboxylic acids is 1. The molecule has 2 aliphatic rings. The van der Waals surface area contributed by atoms with Gasteiger partial charge >= 0.3 is 6.18 Å². The number of rotatable bonds is 5. The van der Waals surface area contributed by atoms with Crippen LogP contribution in [0.4, 0.5) is 24.5 Å². The van der Waals surface area contributed by atoms with Crippen molar-refractivity contribution < 1.29 is 26.4 Å². The first-order valence-electron chi connectivity index (χ1n) is 14.0. The van der Waals surface area contributed by atoms with Crippen molar-refractivity contribution in [2.75, 3.05) is 23.3 Å². The number of carbonyl (C=O) groups is 1. The van der Waals surface area contributed by atoms with Gasteiger partial charge in [0.1, 0.15) is 6.04 Å². The lowest BCUT2D eigenvalue weighted by Gasteiger charge is -2.36. The Kier molecular flexibility index (Phi) is 7.44. The van der Waals surface area contributed by atoms with E-state index >= 15 is 0 Å². The van der Waals surface area contributed by atoms with Crippen molar-refractivity contribution in [1.82, 2.24) is 4.31 Å². The summed E-state index contributed by atoms with van der Waals surface area (Å²) >= 11 is 0. The zero-order chi connectivity index (χ0) is 29.5. The zero-order valence-corrected chi connectivity index (χ0v) is 23.6. The number of alkyl halides is 3. The van der Waals surface area contributed by atoms with Crippen LogP contribution in [0.15, 0.2) is 89.8 Å². The third kappa shape index (κ3) is 5.48. The van der Waals surface area contributed by atoms with Crippen LogP contribution in [0.3, 0.4) is 0 Å². The molecular weight excluding hydrogens is 563 g/mol. The molecule has 0 saturated carbocycles. The summed E-state index contributed by atoms with van der Waals surface area (Å²) in [6, 6.07) is 21.7. The maximum absolute atomic E-state index is 14.1. The number of hydrogen-bond acceptors (Lipinski definition) is 4. The summed E-state index contributed by atoms with van der Waals surface area (Å²) in [6.45, 7) is 1.28. The van der Waals surface area contributed by atoms with Gasteiger partial charge in [0.15, 0.2) is 0 Å². The number of nitrogens with zero attached hydrogens (tertiary/aromatic N) is 2. The second-order valence-corrected chi connectivity index (χ2v) is 12.7. The van der Waals surface area contributed by atoms with Crippen molar-refractivity contribution in [2.45, 2.75) is 49.3 Å². The molecule has 0 radical (unpaired) electrons. The van der Waals surface area contributed by atoms with E-state index in [2.05, 4.69) is 5.32 Å². The molecule has 0 aromatic heterocycles. The van der Waals surface area contributed by atoms with E-state index < -0.39 is 33.7 Å². The quantitative estimate of drug-likeness (QED) is 0.283. The highest BCUT2D eigenvalue weighted by atomic mass is 32.2. The molecule has 0 unspecified atom stereocenters. The van der Waals surface area contributed by atoms with Crippen molar-refractivity contribution in [3.63, 3.8) is 0 Å². The summed E-state index contributed by atoms with van der Waals surface area (Å²) in [4.78, 5) is 16.0. The molecule has 6 rings (SSSR count). The maximum atomic E-state index is 14.1. The highest BCUT2D eigenvalue weighted by Gasteiger charge is 2.40. The molecule has 1 atom stereocenters. The normalized spacial score (nSPS) is 18.1. The third-order valence-corrected chi connectivity index (χ3v) is 9.96. The fraction of sp³-hybridized carbons (Fsp3) is 0.281. The van der Waals surface area contributed by atoms with Gasteiger partial charge in [-0.15, -0.1) is 0 Å². The lowest BCUT2D eigenvalue weighted by Crippen LogP contribution is -2.50. The van der Waals surface area contributed by atoms with Crippen LogP contribution in [0.5, 0.6) is 0 Å². The Morgan fingerprint density at radius 3 is 2.24 bits per heavy atom. The molecule has 1 N–H and O–H groups in total. The van der Waals surface area contributed by atoms with Gasteiger partial charge in [-0.2, -0.15) is 17.5 Å². The Morgan fingerprint density at radius 1 is 0.810 bits per heavy atom. The smallest absolute Gasteiger partial charge is 0.370 e. The number of benzene rings is 4. The number of sulfonamides is 1. The Balaban J connectivity index is 1.39. The summed E-state index contributed by atoms with van der Waals surface area (Å²) < 4.78 is 70.5. The Labute approximate surface area is 242 Å². The minimum atomic E-state index is -4.60. The molecule has 218 valence electrons. The lowest BCUT2D eigenvalue weighted by molar-refractivity contribution is -0.137. The average Bonchev–Trinajstić information content (AvgIpc) is 3.00. The molecule has 0 aliphatic carbocycles. The van der Waals surface area contributed by atoms with E-state index in [9.17, 15) is 26.4 Å². The molecule has 6 nitrogen and oxygen atoms in total. The van der Waals surface area contributed by atoms with Gasteiger partial charge in [0.25, 0.3) is 0 Å². The first-order chi connectivity index (χ1) is 20.1. The summed E-state index contributed by atoms with van der Waals surface area (Å²) in [5, 5.41) is 4.34. The van der Waals surface area contributed by atoms with Crippen molar-refractivity contribution in [3.8, 4) is 0 Å². The molecule has 10 heteroatoms. The third-order valence-electron chi connectivity index (χ3n) is 8.11. The molecule has 2 aliphatic heterocycles.